The summed E-state index contributed by atoms with van der Waals surface area (Å²) in [5.74, 6) is 0. The highest BCUT2D eigenvalue weighted by Gasteiger charge is 2.35. The van der Waals surface area contributed by atoms with Crippen molar-refractivity contribution in [2.75, 3.05) is 5.32 Å². The molecule has 0 aliphatic carbocycles. The Morgan fingerprint density at radius 3 is 2.85 bits per heavy atom. The lowest BCUT2D eigenvalue weighted by atomic mass is 10.2. The molecule has 0 spiro atoms. The van der Waals surface area contributed by atoms with E-state index in [2.05, 4.69) is 20.5 Å². The van der Waals surface area contributed by atoms with Crippen molar-refractivity contribution < 1.29 is 13.2 Å². The first-order chi connectivity index (χ1) is 9.52. The average molecular weight is 316 g/mol. The molecule has 104 valence electrons. The van der Waals surface area contributed by atoms with E-state index in [1.165, 1.54) is 0 Å². The van der Waals surface area contributed by atoms with Crippen molar-refractivity contribution in [3.05, 3.63) is 34.3 Å². The Morgan fingerprint density at radius 2 is 2.10 bits per heavy atom. The zero-order chi connectivity index (χ0) is 14.2. The van der Waals surface area contributed by atoms with Crippen LogP contribution in [0.15, 0.2) is 23.7 Å². The summed E-state index contributed by atoms with van der Waals surface area (Å²) in [6, 6.07) is 3.86. The van der Waals surface area contributed by atoms with Crippen LogP contribution in [0.5, 0.6) is 0 Å². The minimum atomic E-state index is -4.45. The van der Waals surface area contributed by atoms with Crippen LogP contribution in [0, 0.1) is 0 Å². The van der Waals surface area contributed by atoms with Crippen LogP contribution in [0.2, 0.25) is 0 Å². The molecule has 1 N–H and O–H groups in total. The zero-order valence-corrected chi connectivity index (χ0v) is 11.4. The number of hydrogen-bond donors (Lipinski definition) is 1. The smallest absolute Gasteiger partial charge is 0.356 e. The first-order valence-corrected chi connectivity index (χ1v) is 7.19. The second kappa shape index (κ2) is 4.98. The van der Waals surface area contributed by atoms with E-state index < -0.39 is 11.2 Å². The van der Waals surface area contributed by atoms with Gasteiger partial charge in [0.05, 0.1) is 10.2 Å². The van der Waals surface area contributed by atoms with Crippen LogP contribution in [0.25, 0.3) is 10.2 Å². The Kier molecular flexibility index (Phi) is 3.30. The molecule has 0 saturated carbocycles. The standard InChI is InChI=1S/C11H7F3N4S2/c12-11(13,14)9-17-18-10(20-9)16-5-6-3-8-7(15-4-6)1-2-19-8/h1-4H,5H2,(H,16,18). The van der Waals surface area contributed by atoms with Gasteiger partial charge in [-0.15, -0.1) is 21.5 Å². The van der Waals surface area contributed by atoms with Crippen LogP contribution >= 0.6 is 22.7 Å². The molecular weight excluding hydrogens is 309 g/mol. The van der Waals surface area contributed by atoms with Gasteiger partial charge in [0.15, 0.2) is 0 Å². The molecule has 3 aromatic rings. The molecule has 0 aliphatic heterocycles. The predicted octanol–water partition coefficient (Wildman–Crippen LogP) is 3.78. The minimum absolute atomic E-state index is 0.142. The fourth-order valence-electron chi connectivity index (χ4n) is 1.57. The highest BCUT2D eigenvalue weighted by Crippen LogP contribution is 2.33. The van der Waals surface area contributed by atoms with Gasteiger partial charge in [-0.2, -0.15) is 13.2 Å². The number of hydrogen-bond acceptors (Lipinski definition) is 6. The summed E-state index contributed by atoms with van der Waals surface area (Å²) in [7, 11) is 0. The van der Waals surface area contributed by atoms with Gasteiger partial charge in [-0.05, 0) is 23.1 Å². The third kappa shape index (κ3) is 2.73. The molecule has 0 unspecified atom stereocenters. The normalized spacial score (nSPS) is 11.9. The molecule has 0 atom stereocenters. The van der Waals surface area contributed by atoms with Crippen molar-refractivity contribution in [2.24, 2.45) is 0 Å². The van der Waals surface area contributed by atoms with Gasteiger partial charge in [-0.25, -0.2) is 0 Å². The van der Waals surface area contributed by atoms with Crippen molar-refractivity contribution in [3.8, 4) is 0 Å². The topological polar surface area (TPSA) is 50.7 Å². The third-order valence-corrected chi connectivity index (χ3v) is 4.25. The summed E-state index contributed by atoms with van der Waals surface area (Å²) < 4.78 is 38.2. The SMILES string of the molecule is FC(F)(F)c1nnc(NCc2cnc3ccsc3c2)s1. The summed E-state index contributed by atoms with van der Waals surface area (Å²) >= 11 is 2.05. The lowest BCUT2D eigenvalue weighted by Crippen LogP contribution is -2.03. The second-order valence-electron chi connectivity index (χ2n) is 3.91. The van der Waals surface area contributed by atoms with Gasteiger partial charge in [0.2, 0.25) is 10.1 Å². The highest BCUT2D eigenvalue weighted by atomic mass is 32.1. The fourth-order valence-corrected chi connectivity index (χ4v) is 2.98. The summed E-state index contributed by atoms with van der Waals surface area (Å²) in [5.41, 5.74) is 1.79. The van der Waals surface area contributed by atoms with E-state index in [1.807, 2.05) is 17.5 Å². The van der Waals surface area contributed by atoms with E-state index in [4.69, 9.17) is 0 Å². The average Bonchev–Trinajstić information content (AvgIpc) is 3.04. The summed E-state index contributed by atoms with van der Waals surface area (Å²) in [4.78, 5) is 4.26. The Bertz CT molecular complexity index is 734. The molecule has 0 fully saturated rings. The van der Waals surface area contributed by atoms with Crippen molar-refractivity contribution in [2.45, 2.75) is 12.7 Å². The largest absolute Gasteiger partial charge is 0.445 e. The Labute approximate surface area is 119 Å². The van der Waals surface area contributed by atoms with Crippen molar-refractivity contribution >= 4 is 38.0 Å². The van der Waals surface area contributed by atoms with E-state index in [1.54, 1.807) is 17.5 Å². The number of rotatable bonds is 3. The highest BCUT2D eigenvalue weighted by molar-refractivity contribution is 7.17. The molecule has 9 heteroatoms. The molecule has 3 rings (SSSR count). The first kappa shape index (κ1) is 13.3. The molecule has 3 aromatic heterocycles. The lowest BCUT2D eigenvalue weighted by molar-refractivity contribution is -0.138. The number of thiophene rings is 1. The Morgan fingerprint density at radius 1 is 1.25 bits per heavy atom. The quantitative estimate of drug-likeness (QED) is 0.799. The molecule has 0 bridgehead atoms. The van der Waals surface area contributed by atoms with Crippen molar-refractivity contribution in [1.82, 2.24) is 15.2 Å². The third-order valence-electron chi connectivity index (χ3n) is 2.47. The summed E-state index contributed by atoms with van der Waals surface area (Å²) in [5, 5.41) is 10.5. The van der Waals surface area contributed by atoms with Crippen LogP contribution < -0.4 is 5.32 Å². The number of aromatic nitrogens is 3. The zero-order valence-electron chi connectivity index (χ0n) is 9.81. The number of halogens is 3. The molecule has 0 aromatic carbocycles. The number of nitrogens with zero attached hydrogens (tertiary/aromatic N) is 3. The Balaban J connectivity index is 1.71. The molecule has 3 heterocycles. The second-order valence-corrected chi connectivity index (χ2v) is 5.84. The number of alkyl halides is 3. The molecule has 20 heavy (non-hydrogen) atoms. The van der Waals surface area contributed by atoms with E-state index in [0.717, 1.165) is 15.8 Å². The van der Waals surface area contributed by atoms with Gasteiger partial charge in [0.1, 0.15) is 0 Å². The van der Waals surface area contributed by atoms with Crippen molar-refractivity contribution in [3.63, 3.8) is 0 Å². The molecule has 4 nitrogen and oxygen atoms in total. The van der Waals surface area contributed by atoms with Crippen LogP contribution in [0.1, 0.15) is 10.6 Å². The van der Waals surface area contributed by atoms with Crippen LogP contribution in [-0.4, -0.2) is 15.2 Å². The van der Waals surface area contributed by atoms with Crippen LogP contribution in [-0.2, 0) is 12.7 Å². The summed E-state index contributed by atoms with van der Waals surface area (Å²) in [6.07, 6.45) is -2.76. The van der Waals surface area contributed by atoms with Gasteiger partial charge >= 0.3 is 6.18 Å². The molecule has 0 saturated heterocycles. The number of nitrogens with one attached hydrogen (secondary N) is 1. The number of pyridine rings is 1. The van der Waals surface area contributed by atoms with Gasteiger partial charge in [-0.3, -0.25) is 4.98 Å². The predicted molar refractivity (Wildman–Crippen MR) is 71.9 cm³/mol. The number of anilines is 1. The molecule has 0 amide bonds. The van der Waals surface area contributed by atoms with Gasteiger partial charge in [0, 0.05) is 12.7 Å². The molecular formula is C11H7F3N4S2. The fraction of sp³-hybridized carbons (Fsp3) is 0.182. The van der Waals surface area contributed by atoms with Crippen LogP contribution in [0.3, 0.4) is 0 Å². The maximum absolute atomic E-state index is 12.4. The van der Waals surface area contributed by atoms with Gasteiger partial charge in [0.25, 0.3) is 0 Å². The van der Waals surface area contributed by atoms with E-state index >= 15 is 0 Å². The summed E-state index contributed by atoms with van der Waals surface area (Å²) in [6.45, 7) is 0.354. The van der Waals surface area contributed by atoms with Gasteiger partial charge < -0.3 is 5.32 Å². The van der Waals surface area contributed by atoms with Crippen LogP contribution in [0.4, 0.5) is 18.3 Å². The maximum atomic E-state index is 12.4. The van der Waals surface area contributed by atoms with E-state index in [9.17, 15) is 13.2 Å². The maximum Gasteiger partial charge on any atom is 0.445 e. The monoisotopic (exact) mass is 316 g/mol. The minimum Gasteiger partial charge on any atom is -0.356 e. The van der Waals surface area contributed by atoms with E-state index in [-0.39, 0.29) is 5.13 Å². The Hall–Kier alpha value is -1.74. The number of fused-ring (bicyclic) bond motifs is 1. The molecule has 0 aliphatic rings. The van der Waals surface area contributed by atoms with E-state index in [0.29, 0.717) is 17.9 Å². The first-order valence-electron chi connectivity index (χ1n) is 5.49. The van der Waals surface area contributed by atoms with Gasteiger partial charge in [-0.1, -0.05) is 11.3 Å². The van der Waals surface area contributed by atoms with Crippen molar-refractivity contribution in [1.29, 1.82) is 0 Å². The molecule has 0 radical (unpaired) electrons. The lowest BCUT2D eigenvalue weighted by Gasteiger charge is -2.02.